The highest BCUT2D eigenvalue weighted by Crippen LogP contribution is 2.56. The molecular weight excluding hydrogens is 587 g/mol. The first-order valence-corrected chi connectivity index (χ1v) is 12.4. The summed E-state index contributed by atoms with van der Waals surface area (Å²) in [7, 11) is 0. The summed E-state index contributed by atoms with van der Waals surface area (Å²) in [4.78, 5) is 45.2. The van der Waals surface area contributed by atoms with Crippen LogP contribution in [0.5, 0.6) is 0 Å². The third-order valence-electron chi connectivity index (χ3n) is 6.34. The number of anilines is 4. The molecule has 12 nitrogen and oxygen atoms in total. The molecule has 1 atom stereocenters. The maximum absolute atomic E-state index is 15.4. The van der Waals surface area contributed by atoms with Crippen LogP contribution in [0.3, 0.4) is 0 Å². The number of hydrogen-bond donors (Lipinski definition) is 4. The average Bonchev–Trinajstić information content (AvgIpc) is 3.29. The van der Waals surface area contributed by atoms with Gasteiger partial charge in [0.25, 0.3) is 17.5 Å². The third kappa shape index (κ3) is 5.05. The molecule has 3 aromatic rings. The van der Waals surface area contributed by atoms with Crippen LogP contribution in [0.25, 0.3) is 0 Å². The Morgan fingerprint density at radius 1 is 1.05 bits per heavy atom. The summed E-state index contributed by atoms with van der Waals surface area (Å²) in [6.07, 6.45) is -3.91. The monoisotopic (exact) mass is 610 g/mol. The van der Waals surface area contributed by atoms with Gasteiger partial charge in [-0.2, -0.15) is 13.2 Å². The van der Waals surface area contributed by atoms with E-state index in [1.165, 1.54) is 13.8 Å². The minimum absolute atomic E-state index is 0.327. The average molecular weight is 610 g/mol. The number of carbonyl (C=O) groups excluding carboxylic acids is 2. The maximum Gasteiger partial charge on any atom is 0.437 e. The van der Waals surface area contributed by atoms with Crippen LogP contribution in [0.2, 0.25) is 0 Å². The van der Waals surface area contributed by atoms with E-state index in [9.17, 15) is 28.3 Å². The Balaban J connectivity index is 1.90. The standard InChI is InChI=1S/C26H23F5N6O6/c1-3-42-24(23(32)41,43-4-2)25(26(29,30)31)36-16-10-13(22(39)40)8-9-17(16)37(25)19-12-33-18(11-34-19)35-21(38)20-14(27)6-5-7-15(20)28/h5-12,36H,3-4H2,1-2H3,(H2,32,41)(H,39,40)(H,33,35,38). The first-order valence-electron chi connectivity index (χ1n) is 12.4. The molecule has 17 heteroatoms. The molecule has 1 aliphatic rings. The third-order valence-corrected chi connectivity index (χ3v) is 6.34. The number of benzene rings is 2. The number of halogens is 5. The van der Waals surface area contributed by atoms with Gasteiger partial charge in [0, 0.05) is 13.2 Å². The van der Waals surface area contributed by atoms with Crippen molar-refractivity contribution in [3.8, 4) is 0 Å². The number of nitrogens with two attached hydrogens (primary N) is 1. The number of alkyl halides is 3. The Kier molecular flexibility index (Phi) is 8.24. The lowest BCUT2D eigenvalue weighted by molar-refractivity contribution is -0.309. The van der Waals surface area contributed by atoms with Gasteiger partial charge in [0.05, 0.1) is 29.3 Å². The number of hydrogen-bond acceptors (Lipinski definition) is 9. The van der Waals surface area contributed by atoms with Crippen molar-refractivity contribution in [3.63, 3.8) is 0 Å². The highest BCUT2D eigenvalue weighted by atomic mass is 19.4. The molecule has 1 unspecified atom stereocenters. The van der Waals surface area contributed by atoms with Gasteiger partial charge in [0.2, 0.25) is 0 Å². The Morgan fingerprint density at radius 3 is 2.16 bits per heavy atom. The maximum atomic E-state index is 15.4. The number of rotatable bonds is 10. The first-order chi connectivity index (χ1) is 20.2. The van der Waals surface area contributed by atoms with Gasteiger partial charge < -0.3 is 30.9 Å². The summed E-state index contributed by atoms with van der Waals surface area (Å²) in [5.41, 5.74) is -0.229. The number of carboxylic acids is 1. The molecule has 0 saturated heterocycles. The van der Waals surface area contributed by atoms with E-state index >= 15 is 13.2 Å². The normalized spacial score (nSPS) is 16.4. The summed E-state index contributed by atoms with van der Waals surface area (Å²) >= 11 is 0. The van der Waals surface area contributed by atoms with E-state index in [0.29, 0.717) is 4.90 Å². The highest BCUT2D eigenvalue weighted by molar-refractivity contribution is 6.04. The number of carboxylic acid groups (broad SMARTS) is 1. The zero-order valence-electron chi connectivity index (χ0n) is 22.3. The van der Waals surface area contributed by atoms with Crippen LogP contribution < -0.4 is 21.3 Å². The van der Waals surface area contributed by atoms with Crippen LogP contribution in [0, 0.1) is 11.6 Å². The number of aromatic nitrogens is 2. The number of aromatic carboxylic acids is 1. The molecule has 0 saturated carbocycles. The van der Waals surface area contributed by atoms with Crippen LogP contribution in [0.15, 0.2) is 48.8 Å². The van der Waals surface area contributed by atoms with Crippen molar-refractivity contribution in [3.05, 3.63) is 71.6 Å². The SMILES string of the molecule is CCOC(OCC)(C(N)=O)C1(C(F)(F)F)Nc2cc(C(=O)O)ccc2N1c1cnc(NC(=O)c2c(F)cccc2F)cn1. The fourth-order valence-electron chi connectivity index (χ4n) is 4.68. The lowest BCUT2D eigenvalue weighted by Gasteiger charge is -2.49. The number of fused-ring (bicyclic) bond motifs is 1. The lowest BCUT2D eigenvalue weighted by Crippen LogP contribution is -2.78. The van der Waals surface area contributed by atoms with Crippen LogP contribution in [-0.4, -0.2) is 63.7 Å². The molecule has 2 amide bonds. The van der Waals surface area contributed by atoms with Crippen LogP contribution >= 0.6 is 0 Å². The van der Waals surface area contributed by atoms with Gasteiger partial charge in [0.1, 0.15) is 17.2 Å². The van der Waals surface area contributed by atoms with Gasteiger partial charge in [-0.15, -0.1) is 0 Å². The predicted octanol–water partition coefficient (Wildman–Crippen LogP) is 3.78. The van der Waals surface area contributed by atoms with Crippen molar-refractivity contribution in [2.24, 2.45) is 5.73 Å². The summed E-state index contributed by atoms with van der Waals surface area (Å²) in [5, 5.41) is 13.7. The van der Waals surface area contributed by atoms with Crippen LogP contribution in [0.1, 0.15) is 34.6 Å². The highest BCUT2D eigenvalue weighted by Gasteiger charge is 2.78. The van der Waals surface area contributed by atoms with Crippen molar-refractivity contribution >= 4 is 40.8 Å². The van der Waals surface area contributed by atoms with Gasteiger partial charge in [-0.3, -0.25) is 14.5 Å². The van der Waals surface area contributed by atoms with Crippen molar-refractivity contribution in [2.75, 3.05) is 28.7 Å². The molecule has 0 bridgehead atoms. The van der Waals surface area contributed by atoms with Crippen molar-refractivity contribution < 1.29 is 50.9 Å². The molecule has 1 aromatic heterocycles. The molecule has 228 valence electrons. The summed E-state index contributed by atoms with van der Waals surface area (Å²) in [6.45, 7) is 1.61. The second-order valence-corrected chi connectivity index (χ2v) is 8.86. The molecule has 5 N–H and O–H groups in total. The van der Waals surface area contributed by atoms with Crippen molar-refractivity contribution in [1.82, 2.24) is 9.97 Å². The molecule has 1 aliphatic heterocycles. The molecule has 2 heterocycles. The van der Waals surface area contributed by atoms with Gasteiger partial charge in [-0.05, 0) is 44.2 Å². The Bertz CT molecular complexity index is 1540. The molecule has 2 aromatic carbocycles. The molecule has 0 spiro atoms. The van der Waals surface area contributed by atoms with E-state index in [2.05, 4.69) is 20.6 Å². The fourth-order valence-corrected chi connectivity index (χ4v) is 4.68. The minimum Gasteiger partial charge on any atom is -0.478 e. The molecule has 43 heavy (non-hydrogen) atoms. The van der Waals surface area contributed by atoms with E-state index < -0.39 is 88.7 Å². The smallest absolute Gasteiger partial charge is 0.437 e. The summed E-state index contributed by atoms with van der Waals surface area (Å²) in [5.74, 6) is -11.0. The van der Waals surface area contributed by atoms with E-state index in [-0.39, 0.29) is 5.69 Å². The largest absolute Gasteiger partial charge is 0.478 e. The minimum atomic E-state index is -5.47. The fraction of sp³-hybridized carbons (Fsp3) is 0.269. The number of amides is 2. The molecule has 0 fully saturated rings. The Hall–Kier alpha value is -4.90. The number of nitrogens with one attached hydrogen (secondary N) is 2. The quantitative estimate of drug-likeness (QED) is 0.196. The second kappa shape index (κ2) is 11.4. The van der Waals surface area contributed by atoms with Crippen molar-refractivity contribution in [2.45, 2.75) is 31.5 Å². The first kappa shape index (κ1) is 31.0. The predicted molar refractivity (Wildman–Crippen MR) is 139 cm³/mol. The van der Waals surface area contributed by atoms with E-state index in [4.69, 9.17) is 15.2 Å². The number of nitrogens with zero attached hydrogens (tertiary/aromatic N) is 3. The van der Waals surface area contributed by atoms with Gasteiger partial charge >= 0.3 is 17.9 Å². The van der Waals surface area contributed by atoms with Crippen LogP contribution in [0.4, 0.5) is 45.0 Å². The lowest BCUT2D eigenvalue weighted by atomic mass is 9.94. The second-order valence-electron chi connectivity index (χ2n) is 8.86. The van der Waals surface area contributed by atoms with Crippen LogP contribution in [-0.2, 0) is 14.3 Å². The van der Waals surface area contributed by atoms with Gasteiger partial charge in [-0.25, -0.2) is 23.5 Å². The zero-order chi connectivity index (χ0) is 31.7. The molecule has 0 aliphatic carbocycles. The topological polar surface area (TPSA) is 169 Å². The van der Waals surface area contributed by atoms with E-state index in [1.807, 2.05) is 0 Å². The number of primary amides is 1. The summed E-state index contributed by atoms with van der Waals surface area (Å²) < 4.78 is 85.0. The van der Waals surface area contributed by atoms with Gasteiger partial charge in [-0.1, -0.05) is 6.07 Å². The van der Waals surface area contributed by atoms with E-state index in [0.717, 1.165) is 48.8 Å². The van der Waals surface area contributed by atoms with Crippen molar-refractivity contribution in [1.29, 1.82) is 0 Å². The molecular formula is C26H23F5N6O6. The van der Waals surface area contributed by atoms with Gasteiger partial charge in [0.15, 0.2) is 11.6 Å². The zero-order valence-corrected chi connectivity index (χ0v) is 22.3. The number of carbonyl (C=O) groups is 3. The Morgan fingerprint density at radius 2 is 1.67 bits per heavy atom. The molecule has 4 rings (SSSR count). The van der Waals surface area contributed by atoms with E-state index in [1.54, 1.807) is 0 Å². The number of ether oxygens (including phenoxy) is 2. The summed E-state index contributed by atoms with van der Waals surface area (Å²) in [6, 6.07) is 5.67. The Labute approximate surface area is 239 Å². The molecule has 0 radical (unpaired) electrons.